The molecule has 0 atom stereocenters. The van der Waals surface area contributed by atoms with E-state index in [9.17, 15) is 0 Å². The zero-order valence-corrected chi connectivity index (χ0v) is 11.0. The Morgan fingerprint density at radius 3 is 2.38 bits per heavy atom. The van der Waals surface area contributed by atoms with Gasteiger partial charge >= 0.3 is 0 Å². The molecule has 88 valence electrons. The van der Waals surface area contributed by atoms with Gasteiger partial charge in [-0.15, -0.1) is 0 Å². The van der Waals surface area contributed by atoms with Crippen LogP contribution >= 0.6 is 0 Å². The maximum atomic E-state index is 4.65. The van der Waals surface area contributed by atoms with Crippen molar-refractivity contribution in [3.63, 3.8) is 0 Å². The first-order valence-corrected chi connectivity index (χ1v) is 6.19. The smallest absolute Gasteiger partial charge is 0.112 e. The van der Waals surface area contributed by atoms with E-state index >= 15 is 0 Å². The van der Waals surface area contributed by atoms with E-state index < -0.39 is 0 Å². The van der Waals surface area contributed by atoms with E-state index in [0.717, 1.165) is 12.1 Å². The second-order valence-electron chi connectivity index (χ2n) is 3.86. The van der Waals surface area contributed by atoms with Crippen molar-refractivity contribution >= 4 is 11.0 Å². The number of imidazole rings is 1. The van der Waals surface area contributed by atoms with Gasteiger partial charge in [0.1, 0.15) is 5.82 Å². The van der Waals surface area contributed by atoms with Gasteiger partial charge in [0, 0.05) is 12.5 Å². The van der Waals surface area contributed by atoms with Gasteiger partial charge < -0.3 is 4.57 Å². The van der Waals surface area contributed by atoms with E-state index in [1.54, 1.807) is 0 Å². The molecule has 0 fully saturated rings. The Balaban J connectivity index is 0.000000606. The Bertz CT molecular complexity index is 441. The lowest BCUT2D eigenvalue weighted by molar-refractivity contribution is 0.667. The number of aryl methyl sites for hydroxylation is 1. The second-order valence-corrected chi connectivity index (χ2v) is 3.86. The molecule has 0 spiro atoms. The Kier molecular flexibility index (Phi) is 4.53. The first-order chi connectivity index (χ1) is 7.74. The van der Waals surface area contributed by atoms with E-state index in [1.807, 2.05) is 19.9 Å². The van der Waals surface area contributed by atoms with Crippen molar-refractivity contribution < 1.29 is 0 Å². The number of rotatable bonds is 2. The first kappa shape index (κ1) is 12.8. The largest absolute Gasteiger partial charge is 0.328 e. The van der Waals surface area contributed by atoms with Gasteiger partial charge in [0.2, 0.25) is 0 Å². The van der Waals surface area contributed by atoms with E-state index in [0.29, 0.717) is 5.92 Å². The normalized spacial score (nSPS) is 10.4. The maximum Gasteiger partial charge on any atom is 0.112 e. The van der Waals surface area contributed by atoms with Crippen molar-refractivity contribution in [3.05, 3.63) is 30.1 Å². The molecule has 0 amide bonds. The third-order valence-corrected chi connectivity index (χ3v) is 2.52. The van der Waals surface area contributed by atoms with Crippen molar-refractivity contribution in [2.24, 2.45) is 0 Å². The molecule has 0 unspecified atom stereocenters. The maximum absolute atomic E-state index is 4.65. The average Bonchev–Trinajstić information content (AvgIpc) is 2.70. The SMILES string of the molecule is CC.CCn1c(C(C)C)nc2ccccc21. The van der Waals surface area contributed by atoms with E-state index in [4.69, 9.17) is 0 Å². The predicted molar refractivity (Wildman–Crippen MR) is 70.8 cm³/mol. The molecule has 2 nitrogen and oxygen atoms in total. The van der Waals surface area contributed by atoms with Crippen LogP contribution in [0.2, 0.25) is 0 Å². The molecule has 0 aliphatic heterocycles. The summed E-state index contributed by atoms with van der Waals surface area (Å²) in [6.45, 7) is 11.5. The van der Waals surface area contributed by atoms with Crippen molar-refractivity contribution in [2.45, 2.75) is 47.1 Å². The average molecular weight is 218 g/mol. The summed E-state index contributed by atoms with van der Waals surface area (Å²) in [4.78, 5) is 4.65. The number of benzene rings is 1. The summed E-state index contributed by atoms with van der Waals surface area (Å²) in [5, 5.41) is 0. The summed E-state index contributed by atoms with van der Waals surface area (Å²) in [5.41, 5.74) is 2.36. The van der Waals surface area contributed by atoms with Crippen LogP contribution < -0.4 is 0 Å². The van der Waals surface area contributed by atoms with Crippen molar-refractivity contribution in [1.29, 1.82) is 0 Å². The van der Waals surface area contributed by atoms with Gasteiger partial charge in [-0.1, -0.05) is 39.8 Å². The predicted octanol–water partition coefficient (Wildman–Crippen LogP) is 4.21. The minimum absolute atomic E-state index is 0.488. The van der Waals surface area contributed by atoms with Gasteiger partial charge in [0.15, 0.2) is 0 Å². The highest BCUT2D eigenvalue weighted by Gasteiger charge is 2.11. The van der Waals surface area contributed by atoms with Crippen LogP contribution in [0.25, 0.3) is 11.0 Å². The van der Waals surface area contributed by atoms with Crippen LogP contribution in [-0.2, 0) is 6.54 Å². The lowest BCUT2D eigenvalue weighted by atomic mass is 10.2. The summed E-state index contributed by atoms with van der Waals surface area (Å²) < 4.78 is 2.29. The topological polar surface area (TPSA) is 17.8 Å². The Morgan fingerprint density at radius 2 is 1.81 bits per heavy atom. The van der Waals surface area contributed by atoms with Crippen LogP contribution in [0.5, 0.6) is 0 Å². The third kappa shape index (κ3) is 2.26. The van der Waals surface area contributed by atoms with Gasteiger partial charge in [-0.25, -0.2) is 4.98 Å². The van der Waals surface area contributed by atoms with E-state index in [-0.39, 0.29) is 0 Å². The fourth-order valence-electron chi connectivity index (χ4n) is 1.87. The van der Waals surface area contributed by atoms with Crippen LogP contribution in [0, 0.1) is 0 Å². The Morgan fingerprint density at radius 1 is 1.19 bits per heavy atom. The van der Waals surface area contributed by atoms with Crippen molar-refractivity contribution in [3.8, 4) is 0 Å². The third-order valence-electron chi connectivity index (χ3n) is 2.52. The highest BCUT2D eigenvalue weighted by Crippen LogP contribution is 2.21. The Labute approximate surface area is 98.3 Å². The van der Waals surface area contributed by atoms with Crippen molar-refractivity contribution in [2.75, 3.05) is 0 Å². The molecule has 0 aliphatic rings. The standard InChI is InChI=1S/C12H16N2.C2H6/c1-4-14-11-8-6-5-7-10(11)13-12(14)9(2)3;1-2/h5-9H,4H2,1-3H3;1-2H3. The van der Waals surface area contributed by atoms with Crippen LogP contribution in [-0.4, -0.2) is 9.55 Å². The zero-order valence-electron chi connectivity index (χ0n) is 11.0. The molecule has 1 aromatic heterocycles. The molecule has 0 saturated carbocycles. The number of hydrogen-bond acceptors (Lipinski definition) is 1. The second kappa shape index (κ2) is 5.69. The summed E-state index contributed by atoms with van der Waals surface area (Å²) in [5.74, 6) is 1.68. The van der Waals surface area contributed by atoms with Crippen LogP contribution in [0.15, 0.2) is 24.3 Å². The molecule has 0 bridgehead atoms. The molecule has 2 rings (SSSR count). The summed E-state index contributed by atoms with van der Waals surface area (Å²) in [6.07, 6.45) is 0. The highest BCUT2D eigenvalue weighted by molar-refractivity contribution is 5.76. The molecule has 16 heavy (non-hydrogen) atoms. The van der Waals surface area contributed by atoms with Gasteiger partial charge in [-0.05, 0) is 19.1 Å². The molecule has 0 saturated heterocycles. The lowest BCUT2D eigenvalue weighted by Gasteiger charge is -2.07. The van der Waals surface area contributed by atoms with Gasteiger partial charge in [0.05, 0.1) is 11.0 Å². The number of nitrogens with zero attached hydrogens (tertiary/aromatic N) is 2. The minimum atomic E-state index is 0.488. The molecule has 0 N–H and O–H groups in total. The first-order valence-electron chi connectivity index (χ1n) is 6.19. The molecule has 0 aliphatic carbocycles. The van der Waals surface area contributed by atoms with Gasteiger partial charge in [0.25, 0.3) is 0 Å². The fourth-order valence-corrected chi connectivity index (χ4v) is 1.87. The summed E-state index contributed by atoms with van der Waals surface area (Å²) in [7, 11) is 0. The minimum Gasteiger partial charge on any atom is -0.328 e. The fraction of sp³-hybridized carbons (Fsp3) is 0.500. The van der Waals surface area contributed by atoms with Crippen LogP contribution in [0.1, 0.15) is 46.4 Å². The molecule has 1 heterocycles. The number of aromatic nitrogens is 2. The lowest BCUT2D eigenvalue weighted by Crippen LogP contribution is -2.02. The summed E-state index contributed by atoms with van der Waals surface area (Å²) >= 11 is 0. The Hall–Kier alpha value is -1.31. The monoisotopic (exact) mass is 218 g/mol. The number of para-hydroxylation sites is 2. The summed E-state index contributed by atoms with van der Waals surface area (Å²) in [6, 6.07) is 8.32. The molecule has 2 aromatic rings. The van der Waals surface area contributed by atoms with Gasteiger partial charge in [-0.3, -0.25) is 0 Å². The van der Waals surface area contributed by atoms with Gasteiger partial charge in [-0.2, -0.15) is 0 Å². The molecular formula is C14H22N2. The number of hydrogen-bond donors (Lipinski definition) is 0. The highest BCUT2D eigenvalue weighted by atomic mass is 15.1. The zero-order chi connectivity index (χ0) is 12.1. The molecular weight excluding hydrogens is 196 g/mol. The molecule has 1 aromatic carbocycles. The van der Waals surface area contributed by atoms with Crippen molar-refractivity contribution in [1.82, 2.24) is 9.55 Å². The van der Waals surface area contributed by atoms with E-state index in [2.05, 4.69) is 48.5 Å². The number of fused-ring (bicyclic) bond motifs is 1. The quantitative estimate of drug-likeness (QED) is 0.738. The molecule has 2 heteroatoms. The molecule has 0 radical (unpaired) electrons. The van der Waals surface area contributed by atoms with Crippen LogP contribution in [0.4, 0.5) is 0 Å². The van der Waals surface area contributed by atoms with Crippen LogP contribution in [0.3, 0.4) is 0 Å². The van der Waals surface area contributed by atoms with E-state index in [1.165, 1.54) is 11.3 Å².